The predicted octanol–water partition coefficient (Wildman–Crippen LogP) is 4.72. The van der Waals surface area contributed by atoms with Crippen molar-refractivity contribution in [1.29, 1.82) is 5.26 Å². The molecule has 3 heterocycles. The standard InChI is InChI=1S/C24H26N6OS2/c1-16-8-10-17(11-9-16)30-23(29-12-4-5-13-29)27-28-24(30)32-15-21(31)26-22-19(14-25)18-6-2-3-7-20(18)33-22/h8-11H,2-7,12-13,15H2,1H3,(H,26,31). The molecule has 2 aliphatic rings. The molecule has 3 aromatic rings. The fourth-order valence-corrected chi connectivity index (χ4v) is 6.47. The van der Waals surface area contributed by atoms with Crippen molar-refractivity contribution in [2.24, 2.45) is 0 Å². The smallest absolute Gasteiger partial charge is 0.235 e. The number of thioether (sulfide) groups is 1. The molecular formula is C24H26N6OS2. The molecular weight excluding hydrogens is 452 g/mol. The first-order valence-electron chi connectivity index (χ1n) is 11.4. The van der Waals surface area contributed by atoms with Crippen molar-refractivity contribution < 1.29 is 4.79 Å². The van der Waals surface area contributed by atoms with Crippen LogP contribution in [-0.2, 0) is 17.6 Å². The van der Waals surface area contributed by atoms with Gasteiger partial charge in [0.2, 0.25) is 11.9 Å². The van der Waals surface area contributed by atoms with Crippen molar-refractivity contribution in [3.8, 4) is 11.8 Å². The van der Waals surface area contributed by atoms with Gasteiger partial charge in [-0.3, -0.25) is 9.36 Å². The number of benzene rings is 1. The second-order valence-corrected chi connectivity index (χ2v) is 10.6. The van der Waals surface area contributed by atoms with Crippen molar-refractivity contribution in [2.45, 2.75) is 50.6 Å². The van der Waals surface area contributed by atoms with Crippen LogP contribution in [0.2, 0.25) is 0 Å². The first-order valence-corrected chi connectivity index (χ1v) is 13.2. The SMILES string of the molecule is Cc1ccc(-n2c(SCC(=O)Nc3sc4c(c3C#N)CCCC4)nnc2N2CCCC2)cc1. The number of rotatable bonds is 6. The highest BCUT2D eigenvalue weighted by Gasteiger charge is 2.24. The Labute approximate surface area is 201 Å². The summed E-state index contributed by atoms with van der Waals surface area (Å²) in [6, 6.07) is 10.6. The molecule has 1 aliphatic carbocycles. The number of nitriles is 1. The van der Waals surface area contributed by atoms with Crippen molar-refractivity contribution in [2.75, 3.05) is 29.1 Å². The Hall–Kier alpha value is -2.83. The number of carbonyl (C=O) groups is 1. The van der Waals surface area contributed by atoms with Gasteiger partial charge in [-0.25, -0.2) is 0 Å². The van der Waals surface area contributed by atoms with Crippen molar-refractivity contribution in [3.63, 3.8) is 0 Å². The molecule has 0 spiro atoms. The largest absolute Gasteiger partial charge is 0.341 e. The fourth-order valence-electron chi connectivity index (χ4n) is 4.46. The number of aromatic nitrogens is 3. The quantitative estimate of drug-likeness (QED) is 0.516. The van der Waals surface area contributed by atoms with E-state index in [0.717, 1.165) is 68.8 Å². The zero-order valence-corrected chi connectivity index (χ0v) is 20.3. The van der Waals surface area contributed by atoms with Crippen LogP contribution in [0.1, 0.15) is 47.3 Å². The van der Waals surface area contributed by atoms with Crippen LogP contribution in [0.4, 0.5) is 10.9 Å². The lowest BCUT2D eigenvalue weighted by Gasteiger charge is -2.18. The Kier molecular flexibility index (Phi) is 6.38. The average Bonchev–Trinajstić information content (AvgIpc) is 3.56. The average molecular weight is 479 g/mol. The first-order chi connectivity index (χ1) is 16.1. The number of thiophene rings is 1. The Morgan fingerprint density at radius 1 is 1.15 bits per heavy atom. The third-order valence-electron chi connectivity index (χ3n) is 6.17. The third kappa shape index (κ3) is 4.50. The van der Waals surface area contributed by atoms with Gasteiger partial charge >= 0.3 is 0 Å². The molecule has 7 nitrogen and oxygen atoms in total. The molecule has 1 saturated heterocycles. The lowest BCUT2D eigenvalue weighted by Crippen LogP contribution is -2.22. The van der Waals surface area contributed by atoms with E-state index in [2.05, 4.69) is 57.7 Å². The van der Waals surface area contributed by atoms with E-state index < -0.39 is 0 Å². The van der Waals surface area contributed by atoms with Gasteiger partial charge < -0.3 is 10.2 Å². The van der Waals surface area contributed by atoms with Crippen molar-refractivity contribution >= 4 is 40.0 Å². The van der Waals surface area contributed by atoms with E-state index in [-0.39, 0.29) is 11.7 Å². The summed E-state index contributed by atoms with van der Waals surface area (Å²) < 4.78 is 2.05. The third-order valence-corrected chi connectivity index (χ3v) is 8.30. The number of hydrogen-bond acceptors (Lipinski definition) is 7. The molecule has 0 unspecified atom stereocenters. The molecule has 0 radical (unpaired) electrons. The fraction of sp³-hybridized carbons (Fsp3) is 0.417. The number of amides is 1. The summed E-state index contributed by atoms with van der Waals surface area (Å²) in [6.45, 7) is 4.00. The summed E-state index contributed by atoms with van der Waals surface area (Å²) in [6.07, 6.45) is 6.48. The Morgan fingerprint density at radius 2 is 1.91 bits per heavy atom. The Bertz CT molecular complexity index is 1200. The second-order valence-electron chi connectivity index (χ2n) is 8.51. The van der Waals surface area contributed by atoms with Crippen LogP contribution < -0.4 is 10.2 Å². The van der Waals surface area contributed by atoms with E-state index in [9.17, 15) is 10.1 Å². The van der Waals surface area contributed by atoms with Gasteiger partial charge in [0.1, 0.15) is 11.1 Å². The summed E-state index contributed by atoms with van der Waals surface area (Å²) in [5.74, 6) is 0.908. The lowest BCUT2D eigenvalue weighted by molar-refractivity contribution is -0.113. The maximum Gasteiger partial charge on any atom is 0.235 e. The molecule has 1 aromatic carbocycles. The monoisotopic (exact) mass is 478 g/mol. The molecule has 0 bridgehead atoms. The highest BCUT2D eigenvalue weighted by molar-refractivity contribution is 7.99. The van der Waals surface area contributed by atoms with Gasteiger partial charge in [-0.15, -0.1) is 21.5 Å². The molecule has 9 heteroatoms. The summed E-state index contributed by atoms with van der Waals surface area (Å²) in [5, 5.41) is 22.9. The van der Waals surface area contributed by atoms with Crippen LogP contribution in [0.3, 0.4) is 0 Å². The minimum Gasteiger partial charge on any atom is -0.341 e. The Balaban J connectivity index is 1.34. The summed E-state index contributed by atoms with van der Waals surface area (Å²) >= 11 is 2.93. The predicted molar refractivity (Wildman–Crippen MR) is 133 cm³/mol. The van der Waals surface area contributed by atoms with Gasteiger partial charge in [0.25, 0.3) is 0 Å². The molecule has 170 valence electrons. The van der Waals surface area contributed by atoms with E-state index in [1.165, 1.54) is 22.2 Å². The van der Waals surface area contributed by atoms with Crippen molar-refractivity contribution in [1.82, 2.24) is 14.8 Å². The lowest BCUT2D eigenvalue weighted by atomic mass is 9.96. The highest BCUT2D eigenvalue weighted by atomic mass is 32.2. The van der Waals surface area contributed by atoms with Crippen LogP contribution in [-0.4, -0.2) is 39.5 Å². The van der Waals surface area contributed by atoms with E-state index >= 15 is 0 Å². The highest BCUT2D eigenvalue weighted by Crippen LogP contribution is 2.38. The number of nitrogens with one attached hydrogen (secondary N) is 1. The number of anilines is 2. The van der Waals surface area contributed by atoms with E-state index in [0.29, 0.717) is 15.7 Å². The van der Waals surface area contributed by atoms with Gasteiger partial charge in [0.05, 0.1) is 17.0 Å². The van der Waals surface area contributed by atoms with E-state index in [1.54, 1.807) is 11.3 Å². The van der Waals surface area contributed by atoms with E-state index in [1.807, 2.05) is 4.57 Å². The Morgan fingerprint density at radius 3 is 2.67 bits per heavy atom. The minimum absolute atomic E-state index is 0.128. The zero-order chi connectivity index (χ0) is 22.8. The maximum atomic E-state index is 12.8. The molecule has 1 amide bonds. The van der Waals surface area contributed by atoms with Crippen LogP contribution in [0.5, 0.6) is 0 Å². The summed E-state index contributed by atoms with van der Waals surface area (Å²) in [7, 11) is 0. The number of carbonyl (C=O) groups excluding carboxylic acids is 1. The van der Waals surface area contributed by atoms with Gasteiger partial charge in [0, 0.05) is 18.0 Å². The van der Waals surface area contributed by atoms with Gasteiger partial charge in [0.15, 0.2) is 5.16 Å². The number of nitrogens with zero attached hydrogens (tertiary/aromatic N) is 5. The summed E-state index contributed by atoms with van der Waals surface area (Å²) in [5.41, 5.74) is 3.96. The summed E-state index contributed by atoms with van der Waals surface area (Å²) in [4.78, 5) is 16.3. The second kappa shape index (κ2) is 9.57. The zero-order valence-electron chi connectivity index (χ0n) is 18.6. The number of aryl methyl sites for hydroxylation is 2. The molecule has 0 saturated carbocycles. The molecule has 1 fully saturated rings. The topological polar surface area (TPSA) is 86.8 Å². The molecule has 5 rings (SSSR count). The number of fused-ring (bicyclic) bond motifs is 1. The molecule has 1 N–H and O–H groups in total. The first kappa shape index (κ1) is 22.0. The van der Waals surface area contributed by atoms with Crippen LogP contribution in [0.15, 0.2) is 29.4 Å². The van der Waals surface area contributed by atoms with Crippen LogP contribution in [0, 0.1) is 18.3 Å². The van der Waals surface area contributed by atoms with Gasteiger partial charge in [-0.1, -0.05) is 29.5 Å². The van der Waals surface area contributed by atoms with Gasteiger partial charge in [-0.05, 0) is 63.1 Å². The van der Waals surface area contributed by atoms with Gasteiger partial charge in [-0.2, -0.15) is 5.26 Å². The maximum absolute atomic E-state index is 12.8. The molecule has 2 aromatic heterocycles. The normalized spacial score (nSPS) is 15.3. The molecule has 0 atom stereocenters. The minimum atomic E-state index is -0.128. The number of hydrogen-bond donors (Lipinski definition) is 1. The van der Waals surface area contributed by atoms with Crippen LogP contribution >= 0.6 is 23.1 Å². The van der Waals surface area contributed by atoms with E-state index in [4.69, 9.17) is 0 Å². The van der Waals surface area contributed by atoms with Crippen molar-refractivity contribution in [3.05, 3.63) is 45.8 Å². The molecule has 1 aliphatic heterocycles. The molecule has 33 heavy (non-hydrogen) atoms. The van der Waals surface area contributed by atoms with Crippen LogP contribution in [0.25, 0.3) is 5.69 Å².